The maximum absolute atomic E-state index is 13.2. The normalized spacial score (nSPS) is 16.6. The zero-order valence-corrected chi connectivity index (χ0v) is 20.5. The Balaban J connectivity index is 1.33. The fourth-order valence-electron chi connectivity index (χ4n) is 4.76. The maximum atomic E-state index is 13.2. The Kier molecular flexibility index (Phi) is 7.91. The van der Waals surface area contributed by atoms with Crippen LogP contribution in [0.25, 0.3) is 10.8 Å². The van der Waals surface area contributed by atoms with Crippen molar-refractivity contribution in [1.29, 1.82) is 0 Å². The SMILES string of the molecule is CCCN1C(=O)N(Cc2ccc3ccccc3c2)CC1CCCc1ccc(OC(C)C(=O)O)cc1. The number of carbonyl (C=O) groups excluding carboxylic acids is 1. The van der Waals surface area contributed by atoms with Crippen LogP contribution in [0, 0.1) is 0 Å². The van der Waals surface area contributed by atoms with Crippen LogP contribution in [0.5, 0.6) is 5.75 Å². The number of hydrogen-bond donors (Lipinski definition) is 1. The lowest BCUT2D eigenvalue weighted by atomic mass is 10.0. The molecule has 3 aromatic rings. The minimum Gasteiger partial charge on any atom is -0.479 e. The van der Waals surface area contributed by atoms with Crippen LogP contribution in [-0.2, 0) is 17.8 Å². The molecule has 1 fully saturated rings. The van der Waals surface area contributed by atoms with E-state index in [9.17, 15) is 9.59 Å². The molecule has 1 saturated heterocycles. The molecule has 4 rings (SSSR count). The van der Waals surface area contributed by atoms with Crippen LogP contribution < -0.4 is 4.74 Å². The number of carboxylic acids is 1. The zero-order valence-electron chi connectivity index (χ0n) is 20.5. The summed E-state index contributed by atoms with van der Waals surface area (Å²) >= 11 is 0. The first-order valence-electron chi connectivity index (χ1n) is 12.5. The van der Waals surface area contributed by atoms with Crippen LogP contribution in [0.15, 0.2) is 66.7 Å². The number of nitrogens with zero attached hydrogens (tertiary/aromatic N) is 2. The van der Waals surface area contributed by atoms with E-state index in [1.165, 1.54) is 23.3 Å². The number of hydrogen-bond acceptors (Lipinski definition) is 3. The second-order valence-corrected chi connectivity index (χ2v) is 9.33. The van der Waals surface area contributed by atoms with E-state index in [-0.39, 0.29) is 12.1 Å². The Morgan fingerprint density at radius 3 is 2.49 bits per heavy atom. The number of aryl methyl sites for hydroxylation is 1. The van der Waals surface area contributed by atoms with Gasteiger partial charge in [-0.2, -0.15) is 0 Å². The molecule has 0 bridgehead atoms. The molecular formula is C29H34N2O4. The Morgan fingerprint density at radius 2 is 1.77 bits per heavy atom. The third-order valence-electron chi connectivity index (χ3n) is 6.63. The number of rotatable bonds is 11. The van der Waals surface area contributed by atoms with Gasteiger partial charge in [0.1, 0.15) is 5.75 Å². The van der Waals surface area contributed by atoms with Crippen LogP contribution in [0.1, 0.15) is 44.2 Å². The summed E-state index contributed by atoms with van der Waals surface area (Å²) in [5.41, 5.74) is 2.34. The van der Waals surface area contributed by atoms with Gasteiger partial charge < -0.3 is 19.6 Å². The fraction of sp³-hybridized carbons (Fsp3) is 0.379. The second-order valence-electron chi connectivity index (χ2n) is 9.33. The molecule has 6 nitrogen and oxygen atoms in total. The summed E-state index contributed by atoms with van der Waals surface area (Å²) in [7, 11) is 0. The largest absolute Gasteiger partial charge is 0.479 e. The molecule has 3 aromatic carbocycles. The van der Waals surface area contributed by atoms with E-state index in [0.717, 1.165) is 44.3 Å². The molecule has 6 heteroatoms. The summed E-state index contributed by atoms with van der Waals surface area (Å²) in [5, 5.41) is 11.4. The van der Waals surface area contributed by atoms with Crippen molar-refractivity contribution in [3.8, 4) is 5.75 Å². The zero-order chi connectivity index (χ0) is 24.8. The molecule has 0 aromatic heterocycles. The molecule has 0 saturated carbocycles. The first-order chi connectivity index (χ1) is 16.9. The van der Waals surface area contributed by atoms with Gasteiger partial charge in [0.05, 0.1) is 6.04 Å². The Bertz CT molecular complexity index is 1160. The van der Waals surface area contributed by atoms with Gasteiger partial charge in [-0.05, 0) is 72.7 Å². The van der Waals surface area contributed by atoms with E-state index in [1.807, 2.05) is 46.2 Å². The molecular weight excluding hydrogens is 440 g/mol. The lowest BCUT2D eigenvalue weighted by Gasteiger charge is -2.22. The van der Waals surface area contributed by atoms with Crippen molar-refractivity contribution in [2.24, 2.45) is 0 Å². The number of fused-ring (bicyclic) bond motifs is 1. The third-order valence-corrected chi connectivity index (χ3v) is 6.63. The summed E-state index contributed by atoms with van der Waals surface area (Å²) in [5.74, 6) is -0.421. The van der Waals surface area contributed by atoms with Gasteiger partial charge in [0.15, 0.2) is 6.10 Å². The Labute approximate surface area is 207 Å². The van der Waals surface area contributed by atoms with Crippen LogP contribution in [0.2, 0.25) is 0 Å². The predicted octanol–water partition coefficient (Wildman–Crippen LogP) is 5.73. The molecule has 2 unspecified atom stereocenters. The van der Waals surface area contributed by atoms with Crippen molar-refractivity contribution in [2.75, 3.05) is 13.1 Å². The summed E-state index contributed by atoms with van der Waals surface area (Å²) in [6.07, 6.45) is 2.91. The van der Waals surface area contributed by atoms with Crippen molar-refractivity contribution in [3.63, 3.8) is 0 Å². The maximum Gasteiger partial charge on any atom is 0.344 e. The molecule has 1 N–H and O–H groups in total. The Morgan fingerprint density at radius 1 is 1.06 bits per heavy atom. The van der Waals surface area contributed by atoms with Crippen molar-refractivity contribution in [1.82, 2.24) is 9.80 Å². The molecule has 1 aliphatic heterocycles. The van der Waals surface area contributed by atoms with Crippen molar-refractivity contribution in [2.45, 2.75) is 58.2 Å². The molecule has 2 atom stereocenters. The van der Waals surface area contributed by atoms with Crippen LogP contribution >= 0.6 is 0 Å². The van der Waals surface area contributed by atoms with Gasteiger partial charge in [0, 0.05) is 19.6 Å². The molecule has 1 heterocycles. The highest BCUT2D eigenvalue weighted by molar-refractivity contribution is 5.83. The highest BCUT2D eigenvalue weighted by Crippen LogP contribution is 2.25. The summed E-state index contributed by atoms with van der Waals surface area (Å²) in [6.45, 7) is 5.81. The van der Waals surface area contributed by atoms with E-state index in [2.05, 4.69) is 37.3 Å². The lowest BCUT2D eigenvalue weighted by Crippen LogP contribution is -2.35. The van der Waals surface area contributed by atoms with Crippen molar-refractivity contribution in [3.05, 3.63) is 77.9 Å². The van der Waals surface area contributed by atoms with E-state index in [4.69, 9.17) is 9.84 Å². The topological polar surface area (TPSA) is 70.1 Å². The first kappa shape index (κ1) is 24.6. The number of aliphatic carboxylic acids is 1. The van der Waals surface area contributed by atoms with E-state index >= 15 is 0 Å². The van der Waals surface area contributed by atoms with E-state index < -0.39 is 12.1 Å². The summed E-state index contributed by atoms with van der Waals surface area (Å²) in [4.78, 5) is 28.2. The molecule has 0 radical (unpaired) electrons. The summed E-state index contributed by atoms with van der Waals surface area (Å²) in [6, 6.07) is 22.7. The van der Waals surface area contributed by atoms with Crippen LogP contribution in [0.4, 0.5) is 4.79 Å². The van der Waals surface area contributed by atoms with Crippen LogP contribution in [0.3, 0.4) is 0 Å². The van der Waals surface area contributed by atoms with Gasteiger partial charge in [0.2, 0.25) is 0 Å². The average Bonchev–Trinajstić information content (AvgIpc) is 3.14. The number of ether oxygens (including phenoxy) is 1. The highest BCUT2D eigenvalue weighted by Gasteiger charge is 2.36. The Hall–Kier alpha value is -3.54. The van der Waals surface area contributed by atoms with Gasteiger partial charge in [0.25, 0.3) is 0 Å². The molecule has 184 valence electrons. The predicted molar refractivity (Wildman–Crippen MR) is 138 cm³/mol. The number of amides is 2. The molecule has 1 aliphatic rings. The third kappa shape index (κ3) is 6.13. The quantitative estimate of drug-likeness (QED) is 0.385. The molecule has 2 amide bonds. The van der Waals surface area contributed by atoms with Gasteiger partial charge >= 0.3 is 12.0 Å². The summed E-state index contributed by atoms with van der Waals surface area (Å²) < 4.78 is 5.40. The standard InChI is InChI=1S/C29H34N2O4/c1-3-17-31-26(10-6-7-22-12-15-27(16-13-22)35-21(2)28(32)33)20-30(29(31)34)19-23-11-14-24-8-4-5-9-25(24)18-23/h4-5,8-9,11-16,18,21,26H,3,6-7,10,17,19-20H2,1-2H3,(H,32,33). The lowest BCUT2D eigenvalue weighted by molar-refractivity contribution is -0.144. The molecule has 0 spiro atoms. The van der Waals surface area contributed by atoms with Crippen molar-refractivity contribution < 1.29 is 19.4 Å². The fourth-order valence-corrected chi connectivity index (χ4v) is 4.76. The number of benzene rings is 3. The monoisotopic (exact) mass is 474 g/mol. The number of carbonyl (C=O) groups is 2. The van der Waals surface area contributed by atoms with Crippen LogP contribution in [-0.4, -0.2) is 52.1 Å². The van der Waals surface area contributed by atoms with Gasteiger partial charge in [-0.15, -0.1) is 0 Å². The smallest absolute Gasteiger partial charge is 0.344 e. The van der Waals surface area contributed by atoms with Gasteiger partial charge in [-0.3, -0.25) is 0 Å². The van der Waals surface area contributed by atoms with Gasteiger partial charge in [-0.25, -0.2) is 9.59 Å². The minimum absolute atomic E-state index is 0.138. The minimum atomic E-state index is -0.980. The molecule has 35 heavy (non-hydrogen) atoms. The average molecular weight is 475 g/mol. The molecule has 0 aliphatic carbocycles. The highest BCUT2D eigenvalue weighted by atomic mass is 16.5. The van der Waals surface area contributed by atoms with E-state index in [1.54, 1.807) is 0 Å². The van der Waals surface area contributed by atoms with Crippen molar-refractivity contribution >= 4 is 22.8 Å². The van der Waals surface area contributed by atoms with Gasteiger partial charge in [-0.1, -0.05) is 55.5 Å². The number of urea groups is 1. The number of carboxylic acid groups (broad SMARTS) is 1. The second kappa shape index (κ2) is 11.3. The first-order valence-corrected chi connectivity index (χ1v) is 12.5. The van der Waals surface area contributed by atoms with E-state index in [0.29, 0.717) is 12.3 Å².